The van der Waals surface area contributed by atoms with Gasteiger partial charge in [0.25, 0.3) is 5.91 Å². The molecule has 7 heteroatoms. The lowest BCUT2D eigenvalue weighted by molar-refractivity contribution is 0.0996. The molecule has 1 aliphatic carbocycles. The fraction of sp³-hybridized carbons (Fsp3) is 0.200. The van der Waals surface area contributed by atoms with E-state index in [9.17, 15) is 4.79 Å². The molecule has 1 fully saturated rings. The van der Waals surface area contributed by atoms with Crippen molar-refractivity contribution in [2.24, 2.45) is 5.73 Å². The Morgan fingerprint density at radius 3 is 2.67 bits per heavy atom. The molecule has 2 heterocycles. The molecule has 4 aromatic rings. The number of nitrogens with two attached hydrogens (primary N) is 2. The summed E-state index contributed by atoms with van der Waals surface area (Å²) in [7, 11) is 0. The summed E-state index contributed by atoms with van der Waals surface area (Å²) in [5, 5.41) is 17.7. The quantitative estimate of drug-likeness (QED) is 0.519. The van der Waals surface area contributed by atoms with Gasteiger partial charge in [0, 0.05) is 22.3 Å². The molecule has 7 nitrogen and oxygen atoms in total. The van der Waals surface area contributed by atoms with Gasteiger partial charge < -0.3 is 11.5 Å². The lowest BCUT2D eigenvalue weighted by atomic mass is 9.95. The molecule has 27 heavy (non-hydrogen) atoms. The van der Waals surface area contributed by atoms with Gasteiger partial charge in [-0.1, -0.05) is 24.3 Å². The first-order valence-electron chi connectivity index (χ1n) is 8.88. The molecular formula is C20H18N6O. The summed E-state index contributed by atoms with van der Waals surface area (Å²) in [6, 6.07) is 10.1. The van der Waals surface area contributed by atoms with Gasteiger partial charge in [-0.15, -0.1) is 10.2 Å². The summed E-state index contributed by atoms with van der Waals surface area (Å²) in [6.45, 7) is 2.02. The van der Waals surface area contributed by atoms with Crippen LogP contribution in [0, 0.1) is 6.92 Å². The maximum Gasteiger partial charge on any atom is 0.271 e. The maximum atomic E-state index is 11.5. The van der Waals surface area contributed by atoms with E-state index in [0.29, 0.717) is 16.8 Å². The molecular weight excluding hydrogens is 340 g/mol. The Labute approximate surface area is 154 Å². The van der Waals surface area contributed by atoms with Crippen LogP contribution < -0.4 is 11.5 Å². The third kappa shape index (κ3) is 2.35. The van der Waals surface area contributed by atoms with Crippen LogP contribution >= 0.6 is 0 Å². The largest absolute Gasteiger partial charge is 0.396 e. The molecule has 1 amide bonds. The summed E-state index contributed by atoms with van der Waals surface area (Å²) in [5.41, 5.74) is 17.5. The summed E-state index contributed by atoms with van der Waals surface area (Å²) in [4.78, 5) is 11.5. The van der Waals surface area contributed by atoms with Crippen LogP contribution in [0.25, 0.3) is 32.9 Å². The van der Waals surface area contributed by atoms with Gasteiger partial charge in [0.15, 0.2) is 5.69 Å². The first kappa shape index (κ1) is 15.7. The Bertz CT molecular complexity index is 1240. The first-order valence-corrected chi connectivity index (χ1v) is 8.88. The number of nitrogens with zero attached hydrogens (tertiary/aromatic N) is 3. The minimum Gasteiger partial charge on any atom is -0.396 e. The monoisotopic (exact) mass is 358 g/mol. The van der Waals surface area contributed by atoms with Gasteiger partial charge in [-0.3, -0.25) is 9.89 Å². The van der Waals surface area contributed by atoms with E-state index in [4.69, 9.17) is 11.5 Å². The predicted molar refractivity (Wildman–Crippen MR) is 104 cm³/mol. The number of rotatable bonds is 3. The molecule has 5 rings (SSSR count). The van der Waals surface area contributed by atoms with Crippen LogP contribution in [0.1, 0.15) is 40.5 Å². The number of aromatic amines is 1. The fourth-order valence-electron chi connectivity index (χ4n) is 3.71. The van der Waals surface area contributed by atoms with Crippen molar-refractivity contribution in [3.05, 3.63) is 47.3 Å². The molecule has 0 radical (unpaired) electrons. The molecule has 0 bridgehead atoms. The van der Waals surface area contributed by atoms with Crippen molar-refractivity contribution in [3.63, 3.8) is 0 Å². The van der Waals surface area contributed by atoms with E-state index in [2.05, 4.69) is 38.6 Å². The number of carbonyl (C=O) groups is 1. The highest BCUT2D eigenvalue weighted by Gasteiger charge is 2.28. The topological polar surface area (TPSA) is 124 Å². The van der Waals surface area contributed by atoms with Gasteiger partial charge in [-0.05, 0) is 37.0 Å². The number of carbonyl (C=O) groups excluding carboxylic acids is 1. The summed E-state index contributed by atoms with van der Waals surface area (Å²) in [5.74, 6) is -0.0997. The molecule has 0 spiro atoms. The first-order chi connectivity index (χ1) is 13.0. The Hall–Kier alpha value is -3.48. The highest BCUT2D eigenvalue weighted by Crippen LogP contribution is 2.42. The predicted octanol–water partition coefficient (Wildman–Crippen LogP) is 3.04. The number of fused-ring (bicyclic) bond motifs is 2. The third-order valence-electron chi connectivity index (χ3n) is 5.26. The zero-order chi connectivity index (χ0) is 18.7. The average molecular weight is 358 g/mol. The Morgan fingerprint density at radius 1 is 1.15 bits per heavy atom. The van der Waals surface area contributed by atoms with Crippen LogP contribution in [-0.4, -0.2) is 26.3 Å². The van der Waals surface area contributed by atoms with Crippen LogP contribution in [-0.2, 0) is 0 Å². The standard InChI is InChI=1S/C20H18N6O/c1-9-2-6-13-16(21)19(20(22)27)26-25-18(13)15(9)11-5-7-12-14(8-11)23-24-17(12)10-3-4-10/h2,5-8,10H,3-4H2,1H3,(H2,21,25)(H2,22,27)(H,23,24). The number of benzene rings is 2. The van der Waals surface area contributed by atoms with Gasteiger partial charge in [-0.2, -0.15) is 5.10 Å². The van der Waals surface area contributed by atoms with Gasteiger partial charge in [-0.25, -0.2) is 0 Å². The van der Waals surface area contributed by atoms with Crippen molar-refractivity contribution < 1.29 is 4.79 Å². The van der Waals surface area contributed by atoms with Crippen LogP contribution in [0.4, 0.5) is 5.69 Å². The van der Waals surface area contributed by atoms with Gasteiger partial charge in [0.05, 0.1) is 16.9 Å². The number of anilines is 1. The van der Waals surface area contributed by atoms with E-state index < -0.39 is 5.91 Å². The van der Waals surface area contributed by atoms with Crippen LogP contribution in [0.2, 0.25) is 0 Å². The second kappa shape index (κ2) is 5.51. The minimum atomic E-state index is -0.685. The molecule has 0 saturated heterocycles. The number of nitrogen functional groups attached to an aromatic ring is 1. The smallest absolute Gasteiger partial charge is 0.271 e. The van der Waals surface area contributed by atoms with E-state index >= 15 is 0 Å². The molecule has 134 valence electrons. The molecule has 0 aliphatic heterocycles. The van der Waals surface area contributed by atoms with Crippen molar-refractivity contribution in [1.82, 2.24) is 20.4 Å². The zero-order valence-corrected chi connectivity index (χ0v) is 14.8. The van der Waals surface area contributed by atoms with Crippen LogP contribution in [0.15, 0.2) is 30.3 Å². The molecule has 5 N–H and O–H groups in total. The molecule has 0 unspecified atom stereocenters. The second-order valence-corrected chi connectivity index (χ2v) is 7.12. The van der Waals surface area contributed by atoms with Crippen LogP contribution in [0.3, 0.4) is 0 Å². The Kier molecular flexibility index (Phi) is 3.21. The Balaban J connectivity index is 1.74. The molecule has 1 saturated carbocycles. The molecule has 0 atom stereocenters. The lowest BCUT2D eigenvalue weighted by Crippen LogP contribution is -2.16. The number of aryl methyl sites for hydroxylation is 1. The zero-order valence-electron chi connectivity index (χ0n) is 14.8. The third-order valence-corrected chi connectivity index (χ3v) is 5.26. The van der Waals surface area contributed by atoms with E-state index in [0.717, 1.165) is 27.9 Å². The summed E-state index contributed by atoms with van der Waals surface area (Å²) in [6.07, 6.45) is 2.42. The maximum absolute atomic E-state index is 11.5. The highest BCUT2D eigenvalue weighted by molar-refractivity contribution is 6.08. The average Bonchev–Trinajstić information content (AvgIpc) is 3.40. The number of aromatic nitrogens is 4. The molecule has 2 aromatic carbocycles. The van der Waals surface area contributed by atoms with Crippen molar-refractivity contribution in [2.75, 3.05) is 5.73 Å². The molecule has 2 aromatic heterocycles. The van der Waals surface area contributed by atoms with Crippen LogP contribution in [0.5, 0.6) is 0 Å². The number of primary amides is 1. The summed E-state index contributed by atoms with van der Waals surface area (Å²) < 4.78 is 0. The summed E-state index contributed by atoms with van der Waals surface area (Å²) >= 11 is 0. The van der Waals surface area contributed by atoms with Crippen molar-refractivity contribution >= 4 is 33.4 Å². The second-order valence-electron chi connectivity index (χ2n) is 7.12. The number of H-pyrrole nitrogens is 1. The number of nitrogens with one attached hydrogen (secondary N) is 1. The van der Waals surface area contributed by atoms with Gasteiger partial charge in [0.1, 0.15) is 5.52 Å². The van der Waals surface area contributed by atoms with E-state index in [1.807, 2.05) is 19.1 Å². The van der Waals surface area contributed by atoms with Gasteiger partial charge >= 0.3 is 0 Å². The number of amides is 1. The number of hydrogen-bond acceptors (Lipinski definition) is 5. The minimum absolute atomic E-state index is 0.00426. The van der Waals surface area contributed by atoms with Crippen molar-refractivity contribution in [3.8, 4) is 11.1 Å². The SMILES string of the molecule is Cc1ccc2c(N)c(C(N)=O)nnc2c1-c1ccc2c(C3CC3)n[nH]c2c1. The highest BCUT2D eigenvalue weighted by atomic mass is 16.1. The number of hydrogen-bond donors (Lipinski definition) is 3. The van der Waals surface area contributed by atoms with Crippen molar-refractivity contribution in [1.29, 1.82) is 0 Å². The normalized spacial score (nSPS) is 14.1. The van der Waals surface area contributed by atoms with E-state index in [-0.39, 0.29) is 11.4 Å². The van der Waals surface area contributed by atoms with E-state index in [1.165, 1.54) is 18.2 Å². The molecule has 1 aliphatic rings. The van der Waals surface area contributed by atoms with Crippen molar-refractivity contribution in [2.45, 2.75) is 25.7 Å². The fourth-order valence-corrected chi connectivity index (χ4v) is 3.71. The van der Waals surface area contributed by atoms with Gasteiger partial charge in [0.2, 0.25) is 0 Å². The Morgan fingerprint density at radius 2 is 1.93 bits per heavy atom. The lowest BCUT2D eigenvalue weighted by Gasteiger charge is -2.12. The van der Waals surface area contributed by atoms with E-state index in [1.54, 1.807) is 0 Å².